The molecule has 3 aliphatic rings. The Bertz CT molecular complexity index is 2310. The van der Waals surface area contributed by atoms with E-state index in [4.69, 9.17) is 43.1 Å². The maximum Gasteiger partial charge on any atom is 0.271 e. The van der Waals surface area contributed by atoms with Crippen LogP contribution in [0.15, 0.2) is 77.3 Å². The van der Waals surface area contributed by atoms with Crippen molar-refractivity contribution in [1.82, 2.24) is 19.6 Å². The number of halogens is 4. The van der Waals surface area contributed by atoms with Crippen LogP contribution in [0.4, 0.5) is 20.4 Å². The number of pyridine rings is 2. The normalized spacial score (nSPS) is 20.0. The van der Waals surface area contributed by atoms with E-state index in [0.717, 1.165) is 31.0 Å². The van der Waals surface area contributed by atoms with Crippen LogP contribution in [0.3, 0.4) is 0 Å². The number of nitrogen functional groups attached to an aromatic ring is 1. The Morgan fingerprint density at radius 3 is 2.51 bits per heavy atom. The van der Waals surface area contributed by atoms with Gasteiger partial charge in [-0.1, -0.05) is 73.0 Å². The van der Waals surface area contributed by atoms with E-state index in [9.17, 15) is 17.6 Å². The number of carbonyl (C=O) groups is 1. The molecular formula is C42H46Cl2F2N6O6S. The molecule has 1 aliphatic carbocycles. The topological polar surface area (TPSA) is 149 Å². The first-order valence-corrected chi connectivity index (χ1v) is 21.7. The molecule has 0 radical (unpaired) electrons. The molecule has 4 aromatic rings. The second kappa shape index (κ2) is 18.0. The number of allylic oxidation sites excluding steroid dienone is 1. The van der Waals surface area contributed by atoms with Gasteiger partial charge in [0.2, 0.25) is 5.82 Å². The third kappa shape index (κ3) is 10.3. The van der Waals surface area contributed by atoms with Crippen LogP contribution < -0.4 is 24.8 Å². The van der Waals surface area contributed by atoms with Crippen LogP contribution in [0.25, 0.3) is 5.57 Å². The van der Waals surface area contributed by atoms with E-state index in [0.29, 0.717) is 31.1 Å². The number of alkyl halides is 1. The molecule has 2 aromatic heterocycles. The number of nitrogens with one attached hydrogen (secondary N) is 1. The summed E-state index contributed by atoms with van der Waals surface area (Å²) < 4.78 is 78.9. The molecule has 2 aromatic carbocycles. The van der Waals surface area contributed by atoms with Crippen LogP contribution in [0.2, 0.25) is 10.0 Å². The van der Waals surface area contributed by atoms with Crippen molar-refractivity contribution in [3.63, 3.8) is 0 Å². The number of ether oxygens (including phenoxy) is 3. The van der Waals surface area contributed by atoms with Gasteiger partial charge in [-0.05, 0) is 66.5 Å². The van der Waals surface area contributed by atoms with Crippen molar-refractivity contribution in [3.8, 4) is 17.4 Å². The summed E-state index contributed by atoms with van der Waals surface area (Å²) in [5.41, 5.74) is 9.77. The molecule has 17 heteroatoms. The molecule has 1 amide bonds. The average Bonchev–Trinajstić information content (AvgIpc) is 3.21. The molecule has 2 fully saturated rings. The summed E-state index contributed by atoms with van der Waals surface area (Å²) in [6, 6.07) is 16.9. The molecule has 314 valence electrons. The van der Waals surface area contributed by atoms with Crippen LogP contribution in [0.1, 0.15) is 61.9 Å². The molecule has 7 rings (SSSR count). The predicted molar refractivity (Wildman–Crippen MR) is 223 cm³/mol. The van der Waals surface area contributed by atoms with Crippen molar-refractivity contribution in [2.75, 3.05) is 56.6 Å². The Kier molecular flexibility index (Phi) is 13.0. The second-order valence-corrected chi connectivity index (χ2v) is 18.3. The van der Waals surface area contributed by atoms with Crippen molar-refractivity contribution in [2.45, 2.75) is 57.2 Å². The maximum atomic E-state index is 16.8. The zero-order valence-corrected chi connectivity index (χ0v) is 35.1. The highest BCUT2D eigenvalue weighted by molar-refractivity contribution is 7.90. The van der Waals surface area contributed by atoms with Crippen molar-refractivity contribution >= 4 is 56.3 Å². The second-order valence-electron chi connectivity index (χ2n) is 15.8. The Morgan fingerprint density at radius 1 is 1.08 bits per heavy atom. The van der Waals surface area contributed by atoms with E-state index in [1.807, 2.05) is 12.1 Å². The van der Waals surface area contributed by atoms with Crippen LogP contribution in [-0.4, -0.2) is 81.5 Å². The highest BCUT2D eigenvalue weighted by atomic mass is 35.5. The summed E-state index contributed by atoms with van der Waals surface area (Å²) in [5, 5.41) is 0.647. The van der Waals surface area contributed by atoms with Gasteiger partial charge in [-0.3, -0.25) is 9.69 Å². The number of amides is 1. The third-order valence-electron chi connectivity index (χ3n) is 10.9. The zero-order chi connectivity index (χ0) is 41.9. The Morgan fingerprint density at radius 2 is 1.81 bits per heavy atom. The molecule has 12 nitrogen and oxygen atoms in total. The minimum absolute atomic E-state index is 0.0253. The summed E-state index contributed by atoms with van der Waals surface area (Å²) in [6.45, 7) is 6.84. The number of hydrogen-bond donors (Lipinski definition) is 2. The largest absolute Gasteiger partial charge is 0.475 e. The SMILES string of the molecule is CC1(C)CCC(CN2CCN(c3nc(OCC4CCOC(F)C4)c(F)c(Oc4cnc(N)c(Cl)c4)c3S(=O)(=O)NC(=O)c3ccccc3)CC2)=C(c2ccc(Cl)cc2)C1. The first kappa shape index (κ1) is 42.6. The molecule has 0 spiro atoms. The highest BCUT2D eigenvalue weighted by Gasteiger charge is 2.38. The lowest BCUT2D eigenvalue weighted by molar-refractivity contribution is -0.0919. The molecule has 3 N–H and O–H groups in total. The van der Waals surface area contributed by atoms with Crippen molar-refractivity contribution < 1.29 is 36.2 Å². The fraction of sp³-hybridized carbons (Fsp3) is 0.405. The van der Waals surface area contributed by atoms with Gasteiger partial charge < -0.3 is 24.8 Å². The van der Waals surface area contributed by atoms with E-state index < -0.39 is 44.6 Å². The molecule has 4 heterocycles. The standard InChI is InChI=1S/C42H46Cl2F2N6O6S/c1-42(2)14-12-29(32(22-42)27-8-10-30(43)11-9-27)24-51-15-17-52(18-16-51)39-37(59(54,55)50-40(53)28-6-4-3-5-7-28)36(58-31-21-33(44)38(47)48-23-31)35(46)41(49-39)57-25-26-13-19-56-34(45)20-26/h3-11,21,23,26,34H,12-20,22,24-25H2,1-2H3,(H2,47,48)(H,50,53). The summed E-state index contributed by atoms with van der Waals surface area (Å²) in [5.74, 6) is -4.30. The summed E-state index contributed by atoms with van der Waals surface area (Å²) >= 11 is 12.5. The van der Waals surface area contributed by atoms with Crippen LogP contribution >= 0.6 is 23.2 Å². The Hall–Kier alpha value is -4.54. The van der Waals surface area contributed by atoms with Gasteiger partial charge >= 0.3 is 0 Å². The van der Waals surface area contributed by atoms with Crippen LogP contribution in [0.5, 0.6) is 17.4 Å². The number of benzene rings is 2. The minimum atomic E-state index is -4.93. The van der Waals surface area contributed by atoms with Crippen molar-refractivity contribution in [1.29, 1.82) is 0 Å². The van der Waals surface area contributed by atoms with E-state index in [1.165, 1.54) is 29.3 Å². The molecule has 0 bridgehead atoms. The van der Waals surface area contributed by atoms with E-state index in [2.05, 4.69) is 45.6 Å². The van der Waals surface area contributed by atoms with E-state index >= 15 is 4.39 Å². The van der Waals surface area contributed by atoms with E-state index in [1.54, 1.807) is 23.1 Å². The first-order valence-electron chi connectivity index (χ1n) is 19.4. The number of rotatable bonds is 12. The van der Waals surface area contributed by atoms with Gasteiger partial charge in [0.15, 0.2) is 22.8 Å². The van der Waals surface area contributed by atoms with Gasteiger partial charge in [-0.2, -0.15) is 9.37 Å². The van der Waals surface area contributed by atoms with Gasteiger partial charge in [0.05, 0.1) is 24.4 Å². The summed E-state index contributed by atoms with van der Waals surface area (Å²) in [4.78, 5) is 25.1. The molecular weight excluding hydrogens is 825 g/mol. The van der Waals surface area contributed by atoms with Crippen molar-refractivity contribution in [3.05, 3.63) is 99.4 Å². The summed E-state index contributed by atoms with van der Waals surface area (Å²) in [6.07, 6.45) is 3.02. The monoisotopic (exact) mass is 870 g/mol. The number of hydrogen-bond acceptors (Lipinski definition) is 11. The lowest BCUT2D eigenvalue weighted by atomic mass is 9.72. The van der Waals surface area contributed by atoms with Gasteiger partial charge in [0, 0.05) is 61.7 Å². The quantitative estimate of drug-likeness (QED) is 0.142. The van der Waals surface area contributed by atoms with Crippen LogP contribution in [-0.2, 0) is 14.8 Å². The third-order valence-corrected chi connectivity index (χ3v) is 12.8. The fourth-order valence-electron chi connectivity index (χ4n) is 7.57. The number of carbonyl (C=O) groups excluding carboxylic acids is 1. The number of nitrogens with zero attached hydrogens (tertiary/aromatic N) is 4. The van der Waals surface area contributed by atoms with Crippen LogP contribution in [0, 0.1) is 17.2 Å². The van der Waals surface area contributed by atoms with Crippen molar-refractivity contribution in [2.24, 2.45) is 11.3 Å². The van der Waals surface area contributed by atoms with Gasteiger partial charge in [-0.15, -0.1) is 0 Å². The van der Waals surface area contributed by atoms with Gasteiger partial charge in [0.25, 0.3) is 21.8 Å². The molecule has 2 saturated heterocycles. The molecule has 0 saturated carbocycles. The molecule has 59 heavy (non-hydrogen) atoms. The number of sulfonamides is 1. The fourth-order valence-corrected chi connectivity index (χ4v) is 9.11. The Labute approximate surface area is 352 Å². The first-order chi connectivity index (χ1) is 28.2. The zero-order valence-electron chi connectivity index (χ0n) is 32.7. The molecule has 2 atom stereocenters. The minimum Gasteiger partial charge on any atom is -0.475 e. The summed E-state index contributed by atoms with van der Waals surface area (Å²) in [7, 11) is -4.93. The van der Waals surface area contributed by atoms with E-state index in [-0.39, 0.29) is 72.0 Å². The molecule has 2 unspecified atom stereocenters. The average molecular weight is 872 g/mol. The number of anilines is 2. The van der Waals surface area contributed by atoms with Gasteiger partial charge in [-0.25, -0.2) is 22.5 Å². The smallest absolute Gasteiger partial charge is 0.271 e. The maximum absolute atomic E-state index is 16.8. The lowest BCUT2D eigenvalue weighted by Gasteiger charge is -2.39. The number of nitrogens with two attached hydrogens (primary N) is 1. The predicted octanol–water partition coefficient (Wildman–Crippen LogP) is 8.30. The number of aromatic nitrogens is 2. The Balaban J connectivity index is 1.25. The lowest BCUT2D eigenvalue weighted by Crippen LogP contribution is -2.48. The molecule has 2 aliphatic heterocycles. The number of piperazine rings is 1. The highest BCUT2D eigenvalue weighted by Crippen LogP contribution is 2.45. The van der Waals surface area contributed by atoms with Gasteiger partial charge in [0.1, 0.15) is 11.6 Å².